The number of thioether (sulfide) groups is 1. The summed E-state index contributed by atoms with van der Waals surface area (Å²) in [5.41, 5.74) is 1.73. The van der Waals surface area contributed by atoms with Crippen LogP contribution in [0.2, 0.25) is 0 Å². The molecule has 0 aromatic heterocycles. The van der Waals surface area contributed by atoms with Gasteiger partial charge in [-0.05, 0) is 19.9 Å². The number of aliphatic imine (C=N–C) groups is 1. The molecular formula is C21H24N2O5S. The molecule has 154 valence electrons. The number of hydrogen-bond donors (Lipinski definition) is 0. The predicted molar refractivity (Wildman–Crippen MR) is 113 cm³/mol. The SMILES string of the molecule is COCCOC(=O)C1=C(C)N=C2S[C@H](C)C(=O)N2[C@@H]1/C=C/c1ccccc1OC. The number of carbonyl (C=O) groups is 2. The molecule has 1 amide bonds. The molecule has 8 heteroatoms. The van der Waals surface area contributed by atoms with Gasteiger partial charge in [0.1, 0.15) is 12.4 Å². The van der Waals surface area contributed by atoms with Gasteiger partial charge in [0, 0.05) is 12.7 Å². The normalized spacial score (nSPS) is 21.4. The first-order valence-corrected chi connectivity index (χ1v) is 10.1. The fourth-order valence-electron chi connectivity index (χ4n) is 3.18. The van der Waals surface area contributed by atoms with Crippen molar-refractivity contribution in [2.75, 3.05) is 27.4 Å². The number of benzene rings is 1. The van der Waals surface area contributed by atoms with E-state index in [0.717, 1.165) is 5.56 Å². The average Bonchev–Trinajstić information content (AvgIpc) is 2.99. The first-order chi connectivity index (χ1) is 14.0. The van der Waals surface area contributed by atoms with E-state index in [-0.39, 0.29) is 17.8 Å². The van der Waals surface area contributed by atoms with Crippen LogP contribution in [0, 0.1) is 0 Å². The van der Waals surface area contributed by atoms with E-state index >= 15 is 0 Å². The second kappa shape index (κ2) is 9.28. The molecule has 0 radical (unpaired) electrons. The monoisotopic (exact) mass is 416 g/mol. The van der Waals surface area contributed by atoms with Gasteiger partial charge in [-0.3, -0.25) is 9.69 Å². The molecule has 1 aromatic carbocycles. The van der Waals surface area contributed by atoms with Crippen molar-refractivity contribution in [3.8, 4) is 5.75 Å². The van der Waals surface area contributed by atoms with Gasteiger partial charge in [-0.1, -0.05) is 42.1 Å². The van der Waals surface area contributed by atoms with Gasteiger partial charge in [-0.2, -0.15) is 0 Å². The molecule has 7 nitrogen and oxygen atoms in total. The predicted octanol–water partition coefficient (Wildman–Crippen LogP) is 2.87. The lowest BCUT2D eigenvalue weighted by Crippen LogP contribution is -2.45. The van der Waals surface area contributed by atoms with E-state index in [4.69, 9.17) is 14.2 Å². The third kappa shape index (κ3) is 4.38. The lowest BCUT2D eigenvalue weighted by molar-refractivity contribution is -0.141. The Kier molecular flexibility index (Phi) is 6.76. The fourth-order valence-corrected chi connectivity index (χ4v) is 4.22. The molecule has 2 heterocycles. The maximum absolute atomic E-state index is 12.8. The van der Waals surface area contributed by atoms with Crippen molar-refractivity contribution in [2.45, 2.75) is 25.1 Å². The molecule has 29 heavy (non-hydrogen) atoms. The number of ether oxygens (including phenoxy) is 3. The zero-order chi connectivity index (χ0) is 21.0. The number of amides is 1. The number of para-hydroxylation sites is 1. The summed E-state index contributed by atoms with van der Waals surface area (Å²) in [5.74, 6) is 0.112. The van der Waals surface area contributed by atoms with Crippen molar-refractivity contribution in [1.82, 2.24) is 4.90 Å². The summed E-state index contributed by atoms with van der Waals surface area (Å²) in [6.07, 6.45) is 3.67. The van der Waals surface area contributed by atoms with Crippen LogP contribution < -0.4 is 4.74 Å². The number of rotatable bonds is 7. The van der Waals surface area contributed by atoms with Crippen LogP contribution in [0.3, 0.4) is 0 Å². The van der Waals surface area contributed by atoms with Crippen LogP contribution in [0.1, 0.15) is 19.4 Å². The highest BCUT2D eigenvalue weighted by atomic mass is 32.2. The molecule has 1 aromatic rings. The summed E-state index contributed by atoms with van der Waals surface area (Å²) in [6.45, 7) is 4.02. The van der Waals surface area contributed by atoms with Crippen LogP contribution in [-0.2, 0) is 19.1 Å². The molecule has 0 aliphatic carbocycles. The van der Waals surface area contributed by atoms with Crippen LogP contribution in [0.15, 0.2) is 46.6 Å². The second-order valence-corrected chi connectivity index (χ2v) is 7.84. The Labute approximate surface area is 174 Å². The van der Waals surface area contributed by atoms with E-state index in [1.54, 1.807) is 18.9 Å². The number of methoxy groups -OCH3 is 2. The zero-order valence-corrected chi connectivity index (χ0v) is 17.7. The maximum atomic E-state index is 12.8. The molecule has 3 rings (SSSR count). The summed E-state index contributed by atoms with van der Waals surface area (Å²) in [5, 5.41) is 0.343. The van der Waals surface area contributed by atoms with Gasteiger partial charge < -0.3 is 14.2 Å². The number of hydrogen-bond acceptors (Lipinski definition) is 7. The Hall–Kier alpha value is -2.58. The van der Waals surface area contributed by atoms with Gasteiger partial charge in [-0.15, -0.1) is 0 Å². The molecule has 0 saturated carbocycles. The van der Waals surface area contributed by atoms with Crippen LogP contribution >= 0.6 is 11.8 Å². The molecule has 0 spiro atoms. The van der Waals surface area contributed by atoms with E-state index < -0.39 is 12.0 Å². The summed E-state index contributed by atoms with van der Waals surface area (Å²) < 4.78 is 15.7. The average molecular weight is 416 g/mol. The Morgan fingerprint density at radius 1 is 1.28 bits per heavy atom. The Balaban J connectivity index is 1.98. The van der Waals surface area contributed by atoms with Crippen molar-refractivity contribution in [3.05, 3.63) is 47.2 Å². The summed E-state index contributed by atoms with van der Waals surface area (Å²) in [4.78, 5) is 31.6. The zero-order valence-electron chi connectivity index (χ0n) is 16.9. The van der Waals surface area contributed by atoms with Crippen molar-refractivity contribution in [2.24, 2.45) is 4.99 Å². The smallest absolute Gasteiger partial charge is 0.338 e. The fraction of sp³-hybridized carbons (Fsp3) is 0.381. The van der Waals surface area contributed by atoms with Gasteiger partial charge in [-0.25, -0.2) is 9.79 Å². The van der Waals surface area contributed by atoms with Crippen molar-refractivity contribution in [3.63, 3.8) is 0 Å². The lowest BCUT2D eigenvalue weighted by Gasteiger charge is -2.30. The second-order valence-electron chi connectivity index (χ2n) is 6.54. The third-order valence-electron chi connectivity index (χ3n) is 4.64. The first-order valence-electron chi connectivity index (χ1n) is 9.24. The quantitative estimate of drug-likeness (QED) is 0.502. The Morgan fingerprint density at radius 3 is 2.76 bits per heavy atom. The molecule has 1 saturated heterocycles. The minimum absolute atomic E-state index is 0.0851. The van der Waals surface area contributed by atoms with Crippen molar-refractivity contribution in [1.29, 1.82) is 0 Å². The molecule has 2 aliphatic heterocycles. The molecule has 1 fully saturated rings. The van der Waals surface area contributed by atoms with Gasteiger partial charge in [0.25, 0.3) is 0 Å². The van der Waals surface area contributed by atoms with Crippen LogP contribution in [0.5, 0.6) is 5.75 Å². The molecule has 2 atom stereocenters. The highest BCUT2D eigenvalue weighted by Gasteiger charge is 2.44. The molecule has 0 N–H and O–H groups in total. The van der Waals surface area contributed by atoms with Crippen molar-refractivity contribution < 1.29 is 23.8 Å². The Morgan fingerprint density at radius 2 is 2.03 bits per heavy atom. The lowest BCUT2D eigenvalue weighted by atomic mass is 10.00. The highest BCUT2D eigenvalue weighted by Crippen LogP contribution is 2.37. The number of esters is 1. The van der Waals surface area contributed by atoms with Gasteiger partial charge >= 0.3 is 5.97 Å². The number of carbonyl (C=O) groups excluding carboxylic acids is 2. The van der Waals surface area contributed by atoms with E-state index in [0.29, 0.717) is 28.8 Å². The summed E-state index contributed by atoms with van der Waals surface area (Å²) >= 11 is 1.39. The van der Waals surface area contributed by atoms with E-state index in [1.165, 1.54) is 18.9 Å². The largest absolute Gasteiger partial charge is 0.496 e. The van der Waals surface area contributed by atoms with Gasteiger partial charge in [0.2, 0.25) is 5.91 Å². The van der Waals surface area contributed by atoms with Gasteiger partial charge in [0.05, 0.1) is 36.3 Å². The molecular weight excluding hydrogens is 392 g/mol. The maximum Gasteiger partial charge on any atom is 0.338 e. The van der Waals surface area contributed by atoms with Crippen LogP contribution in [-0.4, -0.2) is 60.7 Å². The molecule has 0 unspecified atom stereocenters. The van der Waals surface area contributed by atoms with Gasteiger partial charge in [0.15, 0.2) is 5.17 Å². The molecule has 0 bridgehead atoms. The standard InChI is InChI=1S/C21H24N2O5S/c1-13-18(20(25)28-12-11-26-3)16(23-19(24)14(2)29-21(23)22-13)10-9-15-7-5-6-8-17(15)27-4/h5-10,14,16H,11-12H2,1-4H3/b10-9+/t14-,16-/m1/s1. The van der Waals surface area contributed by atoms with E-state index in [2.05, 4.69) is 4.99 Å². The van der Waals surface area contributed by atoms with Crippen molar-refractivity contribution >= 4 is 34.9 Å². The van der Waals surface area contributed by atoms with Crippen LogP contribution in [0.4, 0.5) is 0 Å². The molecule has 2 aliphatic rings. The minimum atomic E-state index is -0.604. The van der Waals surface area contributed by atoms with E-state index in [1.807, 2.05) is 43.3 Å². The first kappa shape index (κ1) is 21.1. The summed E-state index contributed by atoms with van der Waals surface area (Å²) in [6, 6.07) is 6.94. The van der Waals surface area contributed by atoms with Crippen LogP contribution in [0.25, 0.3) is 6.08 Å². The number of amidine groups is 1. The number of fused-ring (bicyclic) bond motifs is 1. The number of allylic oxidation sites excluding steroid dienone is 1. The Bertz CT molecular complexity index is 893. The topological polar surface area (TPSA) is 77.4 Å². The highest BCUT2D eigenvalue weighted by molar-refractivity contribution is 8.15. The number of nitrogens with zero attached hydrogens (tertiary/aromatic N) is 2. The minimum Gasteiger partial charge on any atom is -0.496 e. The third-order valence-corrected chi connectivity index (χ3v) is 5.69. The van der Waals surface area contributed by atoms with E-state index in [9.17, 15) is 9.59 Å². The summed E-state index contributed by atoms with van der Waals surface area (Å²) in [7, 11) is 3.14.